The molecule has 1 heterocycles. The predicted molar refractivity (Wildman–Crippen MR) is 75.4 cm³/mol. The quantitative estimate of drug-likeness (QED) is 0.651. The predicted octanol–water partition coefficient (Wildman–Crippen LogP) is 2.54. The largest absolute Gasteiger partial charge is 0.472 e. The van der Waals surface area contributed by atoms with Gasteiger partial charge in [-0.1, -0.05) is 6.07 Å². The summed E-state index contributed by atoms with van der Waals surface area (Å²) in [6, 6.07) is 5.69. The number of methoxy groups -OCH3 is 1. The van der Waals surface area contributed by atoms with E-state index in [2.05, 4.69) is 27.4 Å². The fraction of sp³-hybridized carbons (Fsp3) is 0.231. The van der Waals surface area contributed by atoms with Crippen LogP contribution in [0.1, 0.15) is 15.9 Å². The summed E-state index contributed by atoms with van der Waals surface area (Å²) >= 11 is 3.95. The van der Waals surface area contributed by atoms with Crippen molar-refractivity contribution in [2.24, 2.45) is 0 Å². The molecule has 6 nitrogen and oxygen atoms in total. The number of aromatic nitrogens is 2. The van der Waals surface area contributed by atoms with Gasteiger partial charge in [-0.25, -0.2) is 8.88 Å². The Labute approximate surface area is 130 Å². The average Bonchev–Trinajstić information content (AvgIpc) is 2.90. The maximum atomic E-state index is 12.5. The molecule has 0 amide bonds. The Morgan fingerprint density at radius 3 is 2.77 bits per heavy atom. The average molecular weight is 330 g/mol. The molecule has 2 aromatic rings. The number of carbonyl (C=O) groups excluding carboxylic acids is 1. The second-order valence-corrected chi connectivity index (χ2v) is 4.43. The van der Waals surface area contributed by atoms with E-state index in [1.54, 1.807) is 0 Å². The van der Waals surface area contributed by atoms with E-state index in [1.807, 2.05) is 0 Å². The van der Waals surface area contributed by atoms with Gasteiger partial charge in [0.15, 0.2) is 0 Å². The SMILES string of the molecule is COC(=O)c1cccc(OC(F)F)c1COc1ccn(S)n1. The lowest BCUT2D eigenvalue weighted by Gasteiger charge is -2.14. The van der Waals surface area contributed by atoms with Crippen molar-refractivity contribution < 1.29 is 27.8 Å². The van der Waals surface area contributed by atoms with Crippen LogP contribution in [0.25, 0.3) is 0 Å². The van der Waals surface area contributed by atoms with Gasteiger partial charge >= 0.3 is 12.6 Å². The van der Waals surface area contributed by atoms with Crippen molar-refractivity contribution in [1.82, 2.24) is 9.19 Å². The molecule has 0 fully saturated rings. The van der Waals surface area contributed by atoms with E-state index in [0.29, 0.717) is 0 Å². The monoisotopic (exact) mass is 330 g/mol. The molecule has 0 aliphatic carbocycles. The number of carbonyl (C=O) groups is 1. The highest BCUT2D eigenvalue weighted by atomic mass is 32.1. The summed E-state index contributed by atoms with van der Waals surface area (Å²) < 4.78 is 40.6. The first-order valence-electron chi connectivity index (χ1n) is 6.04. The van der Waals surface area contributed by atoms with Crippen LogP contribution in [0, 0.1) is 0 Å². The second-order valence-electron chi connectivity index (χ2n) is 4.02. The van der Waals surface area contributed by atoms with Crippen molar-refractivity contribution >= 4 is 18.8 Å². The topological polar surface area (TPSA) is 62.6 Å². The van der Waals surface area contributed by atoms with Crippen LogP contribution in [0.5, 0.6) is 11.6 Å². The van der Waals surface area contributed by atoms with Crippen molar-refractivity contribution in [3.05, 3.63) is 41.6 Å². The molecule has 0 spiro atoms. The van der Waals surface area contributed by atoms with Crippen LogP contribution < -0.4 is 9.47 Å². The highest BCUT2D eigenvalue weighted by molar-refractivity contribution is 7.78. The second kappa shape index (κ2) is 7.12. The van der Waals surface area contributed by atoms with E-state index < -0.39 is 12.6 Å². The number of esters is 1. The smallest absolute Gasteiger partial charge is 0.387 e. The number of alkyl halides is 2. The van der Waals surface area contributed by atoms with Crippen LogP contribution in [0.15, 0.2) is 30.5 Å². The number of benzene rings is 1. The van der Waals surface area contributed by atoms with Crippen molar-refractivity contribution in [1.29, 1.82) is 0 Å². The van der Waals surface area contributed by atoms with Crippen LogP contribution >= 0.6 is 12.8 Å². The highest BCUT2D eigenvalue weighted by Crippen LogP contribution is 2.26. The first-order chi connectivity index (χ1) is 10.5. The van der Waals surface area contributed by atoms with Gasteiger partial charge in [-0.15, -0.1) is 5.10 Å². The van der Waals surface area contributed by atoms with Gasteiger partial charge in [0.05, 0.1) is 12.7 Å². The maximum Gasteiger partial charge on any atom is 0.387 e. The summed E-state index contributed by atoms with van der Waals surface area (Å²) in [6.45, 7) is -3.22. The fourth-order valence-electron chi connectivity index (χ4n) is 1.74. The van der Waals surface area contributed by atoms with Crippen LogP contribution in [-0.4, -0.2) is 28.9 Å². The zero-order valence-electron chi connectivity index (χ0n) is 11.4. The molecule has 9 heteroatoms. The molecule has 0 radical (unpaired) electrons. The summed E-state index contributed by atoms with van der Waals surface area (Å²) in [6.07, 6.45) is 1.53. The van der Waals surface area contributed by atoms with Crippen molar-refractivity contribution in [3.63, 3.8) is 0 Å². The standard InChI is InChI=1S/C13H12F2N2O4S/c1-19-12(18)8-3-2-4-10(21-13(14)15)9(8)7-20-11-5-6-17(22)16-11/h2-6,13,22H,7H2,1H3. The molecule has 0 saturated carbocycles. The lowest BCUT2D eigenvalue weighted by atomic mass is 10.1. The van der Waals surface area contributed by atoms with E-state index in [-0.39, 0.29) is 29.4 Å². The Kier molecular flexibility index (Phi) is 5.21. The molecule has 0 bridgehead atoms. The van der Waals surface area contributed by atoms with E-state index >= 15 is 0 Å². The Bertz CT molecular complexity index is 663. The van der Waals surface area contributed by atoms with Crippen LogP contribution in [0.2, 0.25) is 0 Å². The molecule has 1 aromatic heterocycles. The molecule has 118 valence electrons. The lowest BCUT2D eigenvalue weighted by Crippen LogP contribution is -2.12. The van der Waals surface area contributed by atoms with Gasteiger partial charge < -0.3 is 14.2 Å². The molecule has 0 atom stereocenters. The Morgan fingerprint density at radius 1 is 1.41 bits per heavy atom. The van der Waals surface area contributed by atoms with E-state index in [9.17, 15) is 13.6 Å². The minimum Gasteiger partial charge on any atom is -0.472 e. The molecule has 1 aromatic carbocycles. The van der Waals surface area contributed by atoms with Gasteiger partial charge in [0.25, 0.3) is 0 Å². The maximum absolute atomic E-state index is 12.5. The van der Waals surface area contributed by atoms with Gasteiger partial charge in [-0.3, -0.25) is 0 Å². The number of nitrogens with zero attached hydrogens (tertiary/aromatic N) is 2. The molecule has 22 heavy (non-hydrogen) atoms. The minimum absolute atomic E-state index is 0.0750. The molecule has 0 aliphatic heterocycles. The summed E-state index contributed by atoms with van der Waals surface area (Å²) in [4.78, 5) is 11.7. The number of hydrogen-bond donors (Lipinski definition) is 1. The first kappa shape index (κ1) is 16.1. The number of thiol groups is 1. The Hall–Kier alpha value is -2.29. The van der Waals surface area contributed by atoms with Crippen LogP contribution in [0.4, 0.5) is 8.78 Å². The van der Waals surface area contributed by atoms with Gasteiger partial charge in [-0.05, 0) is 24.9 Å². The van der Waals surface area contributed by atoms with Gasteiger partial charge in [0.2, 0.25) is 5.88 Å². The lowest BCUT2D eigenvalue weighted by molar-refractivity contribution is -0.0509. The van der Waals surface area contributed by atoms with Gasteiger partial charge in [-0.2, -0.15) is 8.78 Å². The van der Waals surface area contributed by atoms with E-state index in [1.165, 1.54) is 41.7 Å². The third-order valence-corrected chi connectivity index (χ3v) is 2.89. The minimum atomic E-state index is -3.02. The van der Waals surface area contributed by atoms with Gasteiger partial charge in [0.1, 0.15) is 12.4 Å². The van der Waals surface area contributed by atoms with Crippen LogP contribution in [-0.2, 0) is 11.3 Å². The van der Waals surface area contributed by atoms with Crippen molar-refractivity contribution in [2.45, 2.75) is 13.2 Å². The molecule has 2 rings (SSSR count). The van der Waals surface area contributed by atoms with E-state index in [0.717, 1.165) is 0 Å². The number of rotatable bonds is 6. The molecule has 0 N–H and O–H groups in total. The summed E-state index contributed by atoms with van der Waals surface area (Å²) in [5.41, 5.74) is 0.217. The molecule has 0 unspecified atom stereocenters. The van der Waals surface area contributed by atoms with Gasteiger partial charge in [0, 0.05) is 17.8 Å². The molecule has 0 saturated heterocycles. The summed E-state index contributed by atoms with van der Waals surface area (Å²) in [5.74, 6) is -0.626. The molecule has 0 aliphatic rings. The molecular formula is C13H12F2N2O4S. The first-order valence-corrected chi connectivity index (χ1v) is 6.44. The summed E-state index contributed by atoms with van der Waals surface area (Å²) in [7, 11) is 1.19. The fourth-order valence-corrected chi connectivity index (χ4v) is 1.90. The number of halogens is 2. The Morgan fingerprint density at radius 2 is 2.18 bits per heavy atom. The Balaban J connectivity index is 2.29. The third-order valence-electron chi connectivity index (χ3n) is 2.67. The third kappa shape index (κ3) is 3.88. The zero-order chi connectivity index (χ0) is 16.1. The number of ether oxygens (including phenoxy) is 3. The van der Waals surface area contributed by atoms with Crippen LogP contribution in [0.3, 0.4) is 0 Å². The van der Waals surface area contributed by atoms with E-state index in [4.69, 9.17) is 4.74 Å². The normalized spacial score (nSPS) is 10.6. The number of hydrogen-bond acceptors (Lipinski definition) is 6. The molecular weight excluding hydrogens is 318 g/mol. The van der Waals surface area contributed by atoms with Crippen molar-refractivity contribution in [3.8, 4) is 11.6 Å². The zero-order valence-corrected chi connectivity index (χ0v) is 12.3. The highest BCUT2D eigenvalue weighted by Gasteiger charge is 2.19. The van der Waals surface area contributed by atoms with Crippen molar-refractivity contribution in [2.75, 3.05) is 7.11 Å². The summed E-state index contributed by atoms with van der Waals surface area (Å²) in [5, 5.41) is 3.86.